The van der Waals surface area contributed by atoms with Gasteiger partial charge in [-0.05, 0) is 29.8 Å². The summed E-state index contributed by atoms with van der Waals surface area (Å²) < 4.78 is 1.74. The number of carboxylic acids is 1. The molecule has 0 aliphatic heterocycles. The second-order valence-corrected chi connectivity index (χ2v) is 5.08. The van der Waals surface area contributed by atoms with Gasteiger partial charge < -0.3 is 9.67 Å². The minimum Gasteiger partial charge on any atom is -0.478 e. The first-order valence-corrected chi connectivity index (χ1v) is 7.18. The quantitative estimate of drug-likeness (QED) is 0.554. The number of amides is 1. The van der Waals surface area contributed by atoms with Crippen LogP contribution in [0.3, 0.4) is 0 Å². The molecule has 1 heterocycles. The molecule has 120 valence electrons. The molecule has 7 nitrogen and oxygen atoms in total. The Labute approximate surface area is 137 Å². The molecule has 0 saturated carbocycles. The van der Waals surface area contributed by atoms with Crippen molar-refractivity contribution in [1.29, 1.82) is 0 Å². The number of carbonyl (C=O) groups is 2. The summed E-state index contributed by atoms with van der Waals surface area (Å²) in [6, 6.07) is 13.7. The summed E-state index contributed by atoms with van der Waals surface area (Å²) in [7, 11) is 0. The molecule has 2 N–H and O–H groups in total. The van der Waals surface area contributed by atoms with Gasteiger partial charge in [-0.25, -0.2) is 15.2 Å². The zero-order valence-electron chi connectivity index (χ0n) is 12.6. The molecule has 3 rings (SSSR count). The van der Waals surface area contributed by atoms with Crippen LogP contribution in [-0.4, -0.2) is 32.7 Å². The highest BCUT2D eigenvalue weighted by Crippen LogP contribution is 2.11. The molecule has 3 aromatic rings. The minimum atomic E-state index is -0.987. The van der Waals surface area contributed by atoms with Crippen molar-refractivity contribution in [3.05, 3.63) is 66.0 Å². The summed E-state index contributed by atoms with van der Waals surface area (Å²) in [5.74, 6) is -1.27. The van der Waals surface area contributed by atoms with Crippen LogP contribution in [0.1, 0.15) is 15.9 Å². The van der Waals surface area contributed by atoms with Gasteiger partial charge in [0.15, 0.2) is 0 Å². The first kappa shape index (κ1) is 15.4. The van der Waals surface area contributed by atoms with E-state index in [9.17, 15) is 9.59 Å². The summed E-state index contributed by atoms with van der Waals surface area (Å²) in [6.07, 6.45) is 3.06. The number of aromatic nitrogens is 2. The maximum atomic E-state index is 11.9. The molecule has 0 radical (unpaired) electrons. The lowest BCUT2D eigenvalue weighted by atomic mass is 10.1. The molecule has 0 bridgehead atoms. The highest BCUT2D eigenvalue weighted by atomic mass is 16.4. The van der Waals surface area contributed by atoms with Crippen LogP contribution in [0.5, 0.6) is 0 Å². The van der Waals surface area contributed by atoms with Crippen molar-refractivity contribution < 1.29 is 14.7 Å². The number of hydrogen-bond donors (Lipinski definition) is 2. The smallest absolute Gasteiger partial charge is 0.335 e. The van der Waals surface area contributed by atoms with E-state index in [4.69, 9.17) is 5.11 Å². The van der Waals surface area contributed by atoms with E-state index in [0.29, 0.717) is 5.56 Å². The molecule has 0 aliphatic carbocycles. The average molecular weight is 322 g/mol. The van der Waals surface area contributed by atoms with Crippen LogP contribution in [0.25, 0.3) is 11.0 Å². The minimum absolute atomic E-state index is 0.107. The third kappa shape index (κ3) is 3.46. The molecule has 1 aromatic heterocycles. The molecule has 0 atom stereocenters. The van der Waals surface area contributed by atoms with Gasteiger partial charge in [-0.15, -0.1) is 0 Å². The molecular weight excluding hydrogens is 308 g/mol. The number of carbonyl (C=O) groups excluding carboxylic acids is 1. The Morgan fingerprint density at radius 2 is 1.92 bits per heavy atom. The van der Waals surface area contributed by atoms with Gasteiger partial charge in [-0.3, -0.25) is 4.79 Å². The number of nitrogens with one attached hydrogen (secondary N) is 1. The van der Waals surface area contributed by atoms with Crippen LogP contribution in [0.15, 0.2) is 60.0 Å². The van der Waals surface area contributed by atoms with Crippen LogP contribution >= 0.6 is 0 Å². The van der Waals surface area contributed by atoms with Crippen molar-refractivity contribution >= 4 is 29.1 Å². The number of para-hydroxylation sites is 2. The fourth-order valence-electron chi connectivity index (χ4n) is 2.22. The van der Waals surface area contributed by atoms with E-state index < -0.39 is 5.97 Å². The van der Waals surface area contributed by atoms with Gasteiger partial charge in [0.2, 0.25) is 0 Å². The van der Waals surface area contributed by atoms with Crippen molar-refractivity contribution in [2.24, 2.45) is 5.10 Å². The summed E-state index contributed by atoms with van der Waals surface area (Å²) in [6.45, 7) is 0.107. The predicted molar refractivity (Wildman–Crippen MR) is 88.9 cm³/mol. The first-order valence-electron chi connectivity index (χ1n) is 7.18. The monoisotopic (exact) mass is 322 g/mol. The van der Waals surface area contributed by atoms with E-state index in [1.807, 2.05) is 24.3 Å². The predicted octanol–water partition coefficient (Wildman–Crippen LogP) is 1.88. The van der Waals surface area contributed by atoms with Crippen molar-refractivity contribution in [2.45, 2.75) is 6.54 Å². The van der Waals surface area contributed by atoms with Crippen molar-refractivity contribution in [3.63, 3.8) is 0 Å². The number of fused-ring (bicyclic) bond motifs is 1. The van der Waals surface area contributed by atoms with E-state index in [1.54, 1.807) is 23.0 Å². The summed E-state index contributed by atoms with van der Waals surface area (Å²) in [5, 5.41) is 12.7. The Morgan fingerprint density at radius 3 is 2.67 bits per heavy atom. The maximum Gasteiger partial charge on any atom is 0.335 e. The molecule has 0 saturated heterocycles. The highest BCUT2D eigenvalue weighted by molar-refractivity contribution is 5.89. The van der Waals surface area contributed by atoms with Crippen molar-refractivity contribution in [1.82, 2.24) is 15.0 Å². The fourth-order valence-corrected chi connectivity index (χ4v) is 2.22. The van der Waals surface area contributed by atoms with Crippen LogP contribution in [0, 0.1) is 0 Å². The summed E-state index contributed by atoms with van der Waals surface area (Å²) in [4.78, 5) is 26.9. The molecule has 0 aliphatic rings. The zero-order valence-corrected chi connectivity index (χ0v) is 12.6. The Morgan fingerprint density at radius 1 is 1.17 bits per heavy atom. The lowest BCUT2D eigenvalue weighted by molar-refractivity contribution is -0.121. The zero-order chi connectivity index (χ0) is 16.9. The van der Waals surface area contributed by atoms with Crippen LogP contribution in [-0.2, 0) is 11.3 Å². The van der Waals surface area contributed by atoms with E-state index in [-0.39, 0.29) is 18.0 Å². The lowest BCUT2D eigenvalue weighted by Crippen LogP contribution is -2.22. The van der Waals surface area contributed by atoms with Gasteiger partial charge in [-0.1, -0.05) is 24.3 Å². The summed E-state index contributed by atoms with van der Waals surface area (Å²) in [5.41, 5.74) is 5.02. The van der Waals surface area contributed by atoms with Gasteiger partial charge in [-0.2, -0.15) is 5.10 Å². The second-order valence-electron chi connectivity index (χ2n) is 5.08. The van der Waals surface area contributed by atoms with Gasteiger partial charge >= 0.3 is 5.97 Å². The van der Waals surface area contributed by atoms with Crippen LogP contribution in [0.4, 0.5) is 0 Å². The number of hydrazone groups is 1. The van der Waals surface area contributed by atoms with E-state index in [1.165, 1.54) is 18.3 Å². The van der Waals surface area contributed by atoms with Crippen LogP contribution < -0.4 is 5.43 Å². The first-order chi connectivity index (χ1) is 11.6. The Balaban J connectivity index is 1.60. The molecule has 0 spiro atoms. The molecule has 0 fully saturated rings. The van der Waals surface area contributed by atoms with Gasteiger partial charge in [0.1, 0.15) is 6.54 Å². The van der Waals surface area contributed by atoms with Gasteiger partial charge in [0.05, 0.1) is 29.1 Å². The number of hydrogen-bond acceptors (Lipinski definition) is 4. The summed E-state index contributed by atoms with van der Waals surface area (Å²) >= 11 is 0. The normalized spacial score (nSPS) is 11.0. The maximum absolute atomic E-state index is 11.9. The number of aromatic carboxylic acids is 1. The average Bonchev–Trinajstić information content (AvgIpc) is 2.98. The third-order valence-corrected chi connectivity index (χ3v) is 3.40. The van der Waals surface area contributed by atoms with Crippen LogP contribution in [0.2, 0.25) is 0 Å². The SMILES string of the molecule is O=C(Cn1cnc2ccccc21)N/N=C\c1ccc(C(=O)O)cc1. The van der Waals surface area contributed by atoms with E-state index >= 15 is 0 Å². The number of nitrogens with zero attached hydrogens (tertiary/aromatic N) is 3. The Hall–Kier alpha value is -3.48. The van der Waals surface area contributed by atoms with E-state index in [2.05, 4.69) is 15.5 Å². The lowest BCUT2D eigenvalue weighted by Gasteiger charge is -2.02. The number of benzene rings is 2. The number of rotatable bonds is 5. The number of imidazole rings is 1. The topological polar surface area (TPSA) is 96.6 Å². The fraction of sp³-hybridized carbons (Fsp3) is 0.0588. The van der Waals surface area contributed by atoms with Gasteiger partial charge in [0.25, 0.3) is 5.91 Å². The third-order valence-electron chi connectivity index (χ3n) is 3.40. The number of carboxylic acid groups (broad SMARTS) is 1. The molecule has 1 amide bonds. The van der Waals surface area contributed by atoms with Crippen molar-refractivity contribution in [3.8, 4) is 0 Å². The van der Waals surface area contributed by atoms with Crippen molar-refractivity contribution in [2.75, 3.05) is 0 Å². The molecule has 24 heavy (non-hydrogen) atoms. The van der Waals surface area contributed by atoms with Gasteiger partial charge in [0, 0.05) is 0 Å². The standard InChI is InChI=1S/C17H14N4O3/c22-16(10-21-11-18-14-3-1-2-4-15(14)21)20-19-9-12-5-7-13(8-6-12)17(23)24/h1-9,11H,10H2,(H,20,22)(H,23,24)/b19-9-. The Kier molecular flexibility index (Phi) is 4.33. The molecular formula is C17H14N4O3. The largest absolute Gasteiger partial charge is 0.478 e. The van der Waals surface area contributed by atoms with E-state index in [0.717, 1.165) is 11.0 Å². The molecule has 0 unspecified atom stereocenters. The highest BCUT2D eigenvalue weighted by Gasteiger charge is 2.06. The Bertz CT molecular complexity index is 913. The molecule has 2 aromatic carbocycles. The second kappa shape index (κ2) is 6.74. The molecule has 7 heteroatoms.